The van der Waals surface area contributed by atoms with Crippen LogP contribution in [0, 0.1) is 0 Å². The molecule has 1 aromatic heterocycles. The number of anilines is 1. The summed E-state index contributed by atoms with van der Waals surface area (Å²) in [6, 6.07) is 4.75. The molecule has 0 aromatic carbocycles. The summed E-state index contributed by atoms with van der Waals surface area (Å²) in [7, 11) is 2.17. The van der Waals surface area contributed by atoms with Crippen molar-refractivity contribution >= 4 is 5.69 Å². The van der Waals surface area contributed by atoms with Crippen molar-refractivity contribution < 1.29 is 0 Å². The zero-order valence-corrected chi connectivity index (χ0v) is 10.5. The van der Waals surface area contributed by atoms with Gasteiger partial charge in [-0.3, -0.25) is 4.98 Å². The van der Waals surface area contributed by atoms with Gasteiger partial charge in [0.05, 0.1) is 11.9 Å². The fourth-order valence-electron chi connectivity index (χ4n) is 2.49. The third-order valence-corrected chi connectivity index (χ3v) is 3.60. The van der Waals surface area contributed by atoms with Gasteiger partial charge in [0.1, 0.15) is 0 Å². The van der Waals surface area contributed by atoms with E-state index in [1.807, 2.05) is 18.5 Å². The minimum Gasteiger partial charge on any atom is -0.370 e. The lowest BCUT2D eigenvalue weighted by molar-refractivity contribution is 0.216. The van der Waals surface area contributed by atoms with Gasteiger partial charge in [0, 0.05) is 45.5 Å². The minimum absolute atomic E-state index is 0.633. The lowest BCUT2D eigenvalue weighted by atomic mass is 10.0. The highest BCUT2D eigenvalue weighted by Crippen LogP contribution is 2.20. The average molecular weight is 234 g/mol. The van der Waals surface area contributed by atoms with Gasteiger partial charge >= 0.3 is 0 Å². The molecule has 0 radical (unpaired) electrons. The van der Waals surface area contributed by atoms with E-state index in [0.29, 0.717) is 6.04 Å². The van der Waals surface area contributed by atoms with Crippen LogP contribution in [0.2, 0.25) is 0 Å². The molecule has 1 aromatic rings. The molecule has 1 saturated heterocycles. The highest BCUT2D eigenvalue weighted by Gasteiger charge is 2.22. The smallest absolute Gasteiger partial charge is 0.0552 e. The Balaban J connectivity index is 1.88. The summed E-state index contributed by atoms with van der Waals surface area (Å²) in [5, 5.41) is 0. The number of pyridine rings is 1. The van der Waals surface area contributed by atoms with E-state index >= 15 is 0 Å². The van der Waals surface area contributed by atoms with Crippen molar-refractivity contribution in [3.8, 4) is 0 Å². The number of hydrogen-bond acceptors (Lipinski definition) is 4. The van der Waals surface area contributed by atoms with Gasteiger partial charge in [-0.25, -0.2) is 0 Å². The van der Waals surface area contributed by atoms with Crippen LogP contribution in [0.25, 0.3) is 0 Å². The van der Waals surface area contributed by atoms with E-state index in [1.165, 1.54) is 18.5 Å². The summed E-state index contributed by atoms with van der Waals surface area (Å²) in [4.78, 5) is 8.98. The van der Waals surface area contributed by atoms with Crippen LogP contribution in [0.1, 0.15) is 12.8 Å². The Labute approximate surface area is 103 Å². The van der Waals surface area contributed by atoms with Gasteiger partial charge in [-0.1, -0.05) is 0 Å². The number of aromatic nitrogens is 1. The number of hydrogen-bond donors (Lipinski definition) is 1. The van der Waals surface area contributed by atoms with Crippen LogP contribution in [0.4, 0.5) is 5.69 Å². The largest absolute Gasteiger partial charge is 0.370 e. The van der Waals surface area contributed by atoms with Crippen LogP contribution in [-0.2, 0) is 0 Å². The third-order valence-electron chi connectivity index (χ3n) is 3.60. The molecule has 17 heavy (non-hydrogen) atoms. The van der Waals surface area contributed by atoms with Crippen molar-refractivity contribution in [2.45, 2.75) is 18.9 Å². The second-order valence-electron chi connectivity index (χ2n) is 4.68. The van der Waals surface area contributed by atoms with Crippen LogP contribution >= 0.6 is 0 Å². The number of nitrogens with zero attached hydrogens (tertiary/aromatic N) is 3. The fraction of sp³-hybridized carbons (Fsp3) is 0.615. The first-order chi connectivity index (χ1) is 8.31. The van der Waals surface area contributed by atoms with E-state index in [1.54, 1.807) is 0 Å². The fourth-order valence-corrected chi connectivity index (χ4v) is 2.49. The van der Waals surface area contributed by atoms with Gasteiger partial charge in [-0.15, -0.1) is 0 Å². The van der Waals surface area contributed by atoms with Crippen molar-refractivity contribution in [2.75, 3.05) is 38.1 Å². The maximum atomic E-state index is 5.58. The molecule has 4 heteroatoms. The first-order valence-electron chi connectivity index (χ1n) is 6.36. The molecular formula is C13H22N4. The second-order valence-corrected chi connectivity index (χ2v) is 4.68. The monoisotopic (exact) mass is 234 g/mol. The van der Waals surface area contributed by atoms with Crippen molar-refractivity contribution in [1.29, 1.82) is 0 Å². The molecule has 2 rings (SSSR count). The zero-order chi connectivity index (χ0) is 12.1. The van der Waals surface area contributed by atoms with Gasteiger partial charge < -0.3 is 15.5 Å². The molecule has 0 amide bonds. The predicted octanol–water partition coefficient (Wildman–Crippen LogP) is 0.941. The quantitative estimate of drug-likeness (QED) is 0.842. The van der Waals surface area contributed by atoms with Gasteiger partial charge in [0.15, 0.2) is 0 Å². The van der Waals surface area contributed by atoms with Gasteiger partial charge in [0.2, 0.25) is 0 Å². The summed E-state index contributed by atoms with van der Waals surface area (Å²) in [5.74, 6) is 0. The molecule has 2 N–H and O–H groups in total. The maximum Gasteiger partial charge on any atom is 0.0552 e. The van der Waals surface area contributed by atoms with Crippen LogP contribution in [0.5, 0.6) is 0 Å². The first kappa shape index (κ1) is 12.3. The topological polar surface area (TPSA) is 45.4 Å². The minimum atomic E-state index is 0.633. The first-order valence-corrected chi connectivity index (χ1v) is 6.36. The lowest BCUT2D eigenvalue weighted by Gasteiger charge is -2.37. The molecule has 1 aliphatic rings. The Morgan fingerprint density at radius 3 is 2.82 bits per heavy atom. The molecule has 2 heterocycles. The summed E-state index contributed by atoms with van der Waals surface area (Å²) < 4.78 is 0. The van der Waals surface area contributed by atoms with Crippen LogP contribution in [-0.4, -0.2) is 49.2 Å². The lowest BCUT2D eigenvalue weighted by Crippen LogP contribution is -2.44. The summed E-state index contributed by atoms with van der Waals surface area (Å²) >= 11 is 0. The van der Waals surface area contributed by atoms with E-state index in [-0.39, 0.29) is 0 Å². The standard InChI is InChI=1S/C13H22N4/c1-16(13-3-2-7-15-11-13)12-4-8-17(9-5-12)10-6-14/h2-3,7,11-12H,4-6,8-10,14H2,1H3. The Morgan fingerprint density at radius 2 is 2.24 bits per heavy atom. The molecule has 1 fully saturated rings. The van der Waals surface area contributed by atoms with E-state index in [9.17, 15) is 0 Å². The van der Waals surface area contributed by atoms with Gasteiger partial charge in [-0.05, 0) is 25.0 Å². The molecule has 0 aliphatic carbocycles. The van der Waals surface area contributed by atoms with E-state index in [2.05, 4.69) is 27.9 Å². The van der Waals surface area contributed by atoms with E-state index in [4.69, 9.17) is 5.73 Å². The van der Waals surface area contributed by atoms with Crippen LogP contribution < -0.4 is 10.6 Å². The highest BCUT2D eigenvalue weighted by molar-refractivity contribution is 5.43. The molecule has 94 valence electrons. The molecule has 0 atom stereocenters. The van der Waals surface area contributed by atoms with Crippen molar-refractivity contribution in [3.05, 3.63) is 24.5 Å². The van der Waals surface area contributed by atoms with E-state index < -0.39 is 0 Å². The molecule has 1 aliphatic heterocycles. The molecular weight excluding hydrogens is 212 g/mol. The summed E-state index contributed by atoms with van der Waals surface area (Å²) in [6.45, 7) is 4.12. The molecule has 0 bridgehead atoms. The Bertz CT molecular complexity index is 319. The molecule has 0 unspecified atom stereocenters. The average Bonchev–Trinajstić information content (AvgIpc) is 2.40. The van der Waals surface area contributed by atoms with Crippen LogP contribution in [0.3, 0.4) is 0 Å². The second kappa shape index (κ2) is 5.98. The predicted molar refractivity (Wildman–Crippen MR) is 71.2 cm³/mol. The SMILES string of the molecule is CN(c1cccnc1)C1CCN(CCN)CC1. The normalized spacial score (nSPS) is 18.2. The Morgan fingerprint density at radius 1 is 1.47 bits per heavy atom. The van der Waals surface area contributed by atoms with Crippen molar-refractivity contribution in [2.24, 2.45) is 5.73 Å². The highest BCUT2D eigenvalue weighted by atomic mass is 15.2. The van der Waals surface area contributed by atoms with Crippen LogP contribution in [0.15, 0.2) is 24.5 Å². The number of rotatable bonds is 4. The summed E-state index contributed by atoms with van der Waals surface area (Å²) in [5.41, 5.74) is 6.80. The van der Waals surface area contributed by atoms with Crippen molar-refractivity contribution in [3.63, 3.8) is 0 Å². The Hall–Kier alpha value is -1.13. The van der Waals surface area contributed by atoms with E-state index in [0.717, 1.165) is 26.2 Å². The Kier molecular flexibility index (Phi) is 4.34. The molecule has 0 saturated carbocycles. The van der Waals surface area contributed by atoms with Gasteiger partial charge in [0.25, 0.3) is 0 Å². The summed E-state index contributed by atoms with van der Waals surface area (Å²) in [6.07, 6.45) is 6.18. The van der Waals surface area contributed by atoms with Crippen molar-refractivity contribution in [1.82, 2.24) is 9.88 Å². The number of likely N-dealkylation sites (tertiary alicyclic amines) is 1. The third kappa shape index (κ3) is 3.17. The zero-order valence-electron chi connectivity index (χ0n) is 10.5. The molecule has 4 nitrogen and oxygen atoms in total. The number of nitrogens with two attached hydrogens (primary N) is 1. The maximum absolute atomic E-state index is 5.58. The van der Waals surface area contributed by atoms with Gasteiger partial charge in [-0.2, -0.15) is 0 Å². The number of piperidine rings is 1. The molecule has 0 spiro atoms.